The smallest absolute Gasteiger partial charge is 0.0400 e. The molecule has 0 heterocycles. The van der Waals surface area contributed by atoms with Crippen LogP contribution in [0.5, 0.6) is 0 Å². The van der Waals surface area contributed by atoms with Crippen molar-refractivity contribution < 1.29 is 0 Å². The molecule has 0 unspecified atom stereocenters. The van der Waals surface area contributed by atoms with Gasteiger partial charge in [-0.3, -0.25) is 0 Å². The summed E-state index contributed by atoms with van der Waals surface area (Å²) in [5, 5.41) is 2.86. The quantitative estimate of drug-likeness (QED) is 0.450. The van der Waals surface area contributed by atoms with Crippen molar-refractivity contribution >= 4 is 12.6 Å². The summed E-state index contributed by atoms with van der Waals surface area (Å²) in [5.41, 5.74) is 0.804. The minimum absolute atomic E-state index is 0.804. The summed E-state index contributed by atoms with van der Waals surface area (Å²) in [6, 6.07) is 0. The van der Waals surface area contributed by atoms with E-state index in [0.717, 1.165) is 10.6 Å². The van der Waals surface area contributed by atoms with E-state index in [1.807, 2.05) is 0 Å². The van der Waals surface area contributed by atoms with E-state index in [4.69, 9.17) is 0 Å². The van der Waals surface area contributed by atoms with Crippen molar-refractivity contribution in [3.05, 3.63) is 35.9 Å². The van der Waals surface area contributed by atoms with E-state index in [-0.39, 0.29) is 0 Å². The predicted molar refractivity (Wildman–Crippen MR) is 45.5 cm³/mol. The van der Waals surface area contributed by atoms with E-state index in [1.165, 1.54) is 0 Å². The topological polar surface area (TPSA) is 12.0 Å². The van der Waals surface area contributed by atoms with E-state index in [9.17, 15) is 0 Å². The second-order valence-corrected chi connectivity index (χ2v) is 2.00. The van der Waals surface area contributed by atoms with Crippen LogP contribution in [0.4, 0.5) is 0 Å². The average Bonchev–Trinajstić information content (AvgIpc) is 1.87. The van der Waals surface area contributed by atoms with Crippen LogP contribution in [-0.4, -0.2) is 7.05 Å². The number of likely N-dealkylation sites (N-methyl/N-ethyl adjacent to an activating group) is 1. The van der Waals surface area contributed by atoms with Gasteiger partial charge in [0, 0.05) is 17.6 Å². The lowest BCUT2D eigenvalue weighted by Gasteiger charge is -2.00. The molecule has 50 valence electrons. The second-order valence-electron chi connectivity index (χ2n) is 1.52. The molecule has 0 rings (SSSR count). The predicted octanol–water partition coefficient (Wildman–Crippen LogP) is 1.72. The number of hydrogen-bond donors (Lipinski definition) is 2. The van der Waals surface area contributed by atoms with Crippen molar-refractivity contribution in [3.63, 3.8) is 0 Å². The van der Waals surface area contributed by atoms with Gasteiger partial charge in [0.05, 0.1) is 0 Å². The van der Waals surface area contributed by atoms with Crippen molar-refractivity contribution in [2.45, 2.75) is 0 Å². The lowest BCUT2D eigenvalue weighted by Crippen LogP contribution is -2.03. The van der Waals surface area contributed by atoms with Gasteiger partial charge in [-0.25, -0.2) is 0 Å². The summed E-state index contributed by atoms with van der Waals surface area (Å²) < 4.78 is 0. The first-order valence-corrected chi connectivity index (χ1v) is 3.05. The summed E-state index contributed by atoms with van der Waals surface area (Å²) in [4.78, 5) is 0.813. The zero-order valence-electron chi connectivity index (χ0n) is 5.52. The van der Waals surface area contributed by atoms with Gasteiger partial charge in [-0.1, -0.05) is 19.2 Å². The highest BCUT2D eigenvalue weighted by atomic mass is 32.1. The third-order valence-corrected chi connectivity index (χ3v) is 1.31. The fraction of sp³-hybridized carbons (Fsp3) is 0.143. The van der Waals surface area contributed by atoms with Gasteiger partial charge < -0.3 is 5.32 Å². The minimum Gasteiger partial charge on any atom is -0.388 e. The van der Waals surface area contributed by atoms with E-state index < -0.39 is 0 Å². The molecule has 0 saturated heterocycles. The first-order chi connectivity index (χ1) is 4.22. The maximum absolute atomic E-state index is 4.11. The Morgan fingerprint density at radius 2 is 2.22 bits per heavy atom. The minimum atomic E-state index is 0.804. The number of rotatable bonds is 3. The molecule has 0 aromatic rings. The highest BCUT2D eigenvalue weighted by molar-refractivity contribution is 7.84. The van der Waals surface area contributed by atoms with Crippen molar-refractivity contribution in [3.8, 4) is 0 Å². The molecule has 9 heavy (non-hydrogen) atoms. The van der Waals surface area contributed by atoms with Gasteiger partial charge in [-0.15, -0.1) is 12.6 Å². The lowest BCUT2D eigenvalue weighted by molar-refractivity contribution is 1.04. The number of thiol groups is 1. The van der Waals surface area contributed by atoms with Crippen LogP contribution >= 0.6 is 12.6 Å². The first-order valence-electron chi connectivity index (χ1n) is 2.61. The van der Waals surface area contributed by atoms with Crippen LogP contribution in [-0.2, 0) is 0 Å². The fourth-order valence-corrected chi connectivity index (χ4v) is 0.558. The highest BCUT2D eigenvalue weighted by Crippen LogP contribution is 2.07. The zero-order valence-corrected chi connectivity index (χ0v) is 6.41. The SMILES string of the molecule is C=C/C=C(/S)C(=C)NC. The van der Waals surface area contributed by atoms with Gasteiger partial charge in [0.15, 0.2) is 0 Å². The summed E-state index contributed by atoms with van der Waals surface area (Å²) >= 11 is 4.11. The van der Waals surface area contributed by atoms with Crippen molar-refractivity contribution in [2.75, 3.05) is 7.05 Å². The van der Waals surface area contributed by atoms with E-state index in [2.05, 4.69) is 31.1 Å². The van der Waals surface area contributed by atoms with Gasteiger partial charge in [0.1, 0.15) is 0 Å². The molecule has 0 amide bonds. The zero-order chi connectivity index (χ0) is 7.28. The normalized spacial score (nSPS) is 10.7. The van der Waals surface area contributed by atoms with Crippen LogP contribution in [0.3, 0.4) is 0 Å². The van der Waals surface area contributed by atoms with E-state index in [1.54, 1.807) is 19.2 Å². The Balaban J connectivity index is 4.01. The molecule has 0 atom stereocenters. The Morgan fingerprint density at radius 3 is 2.56 bits per heavy atom. The lowest BCUT2D eigenvalue weighted by atomic mass is 10.4. The van der Waals surface area contributed by atoms with Gasteiger partial charge in [-0.2, -0.15) is 0 Å². The van der Waals surface area contributed by atoms with Gasteiger partial charge in [0.2, 0.25) is 0 Å². The second kappa shape index (κ2) is 4.27. The highest BCUT2D eigenvalue weighted by Gasteiger charge is 1.89. The van der Waals surface area contributed by atoms with Crippen molar-refractivity contribution in [1.82, 2.24) is 5.32 Å². The molecule has 0 aliphatic heterocycles. The van der Waals surface area contributed by atoms with Crippen molar-refractivity contribution in [2.24, 2.45) is 0 Å². The van der Waals surface area contributed by atoms with Gasteiger partial charge in [0.25, 0.3) is 0 Å². The molecule has 2 heteroatoms. The molecule has 0 fully saturated rings. The molecule has 0 saturated carbocycles. The largest absolute Gasteiger partial charge is 0.388 e. The molecule has 0 aromatic carbocycles. The third kappa shape index (κ3) is 3.03. The summed E-state index contributed by atoms with van der Waals surface area (Å²) in [5.74, 6) is 0. The Morgan fingerprint density at radius 1 is 1.67 bits per heavy atom. The van der Waals surface area contributed by atoms with Gasteiger partial charge >= 0.3 is 0 Å². The molecule has 0 aliphatic carbocycles. The Kier molecular flexibility index (Phi) is 3.97. The van der Waals surface area contributed by atoms with Crippen LogP contribution in [0, 0.1) is 0 Å². The molecular formula is C7H11NS. The molecule has 0 radical (unpaired) electrons. The van der Waals surface area contributed by atoms with Crippen LogP contribution in [0.1, 0.15) is 0 Å². The number of nitrogens with one attached hydrogen (secondary N) is 1. The molecule has 0 bridgehead atoms. The molecular weight excluding hydrogens is 130 g/mol. The van der Waals surface area contributed by atoms with Crippen LogP contribution in [0.15, 0.2) is 35.9 Å². The molecule has 0 aromatic heterocycles. The Labute approximate surface area is 61.6 Å². The standard InChI is InChI=1S/C7H11NS/c1-4-5-7(9)6(2)8-3/h4-5,8-9H,1-2H2,3H3/b7-5+. The Hall–Kier alpha value is -0.630. The maximum Gasteiger partial charge on any atom is 0.0400 e. The summed E-state index contributed by atoms with van der Waals surface area (Å²) in [6.07, 6.45) is 3.45. The van der Waals surface area contributed by atoms with Crippen LogP contribution in [0.25, 0.3) is 0 Å². The monoisotopic (exact) mass is 141 g/mol. The molecule has 0 spiro atoms. The molecule has 1 N–H and O–H groups in total. The van der Waals surface area contributed by atoms with Crippen LogP contribution < -0.4 is 5.32 Å². The van der Waals surface area contributed by atoms with Crippen molar-refractivity contribution in [1.29, 1.82) is 0 Å². The number of hydrogen-bond acceptors (Lipinski definition) is 2. The first kappa shape index (κ1) is 8.37. The summed E-state index contributed by atoms with van der Waals surface area (Å²) in [6.45, 7) is 7.21. The van der Waals surface area contributed by atoms with E-state index >= 15 is 0 Å². The fourth-order valence-electron chi connectivity index (χ4n) is 0.340. The van der Waals surface area contributed by atoms with Gasteiger partial charge in [-0.05, 0) is 6.08 Å². The third-order valence-electron chi connectivity index (χ3n) is 0.887. The molecule has 1 nitrogen and oxygen atoms in total. The average molecular weight is 141 g/mol. The van der Waals surface area contributed by atoms with Crippen LogP contribution in [0.2, 0.25) is 0 Å². The molecule has 0 aliphatic rings. The summed E-state index contributed by atoms with van der Waals surface area (Å²) in [7, 11) is 1.80. The maximum atomic E-state index is 4.11. The van der Waals surface area contributed by atoms with E-state index in [0.29, 0.717) is 0 Å². The Bertz CT molecular complexity index is 147. The number of allylic oxidation sites excluding steroid dienone is 2.